The molecule has 108 valence electrons. The SMILES string of the molecule is O=C1CC(c2ccccc2)C(NO)C(c2ccccc2)N1. The lowest BCUT2D eigenvalue weighted by Crippen LogP contribution is -2.51. The average molecular weight is 282 g/mol. The van der Waals surface area contributed by atoms with Crippen molar-refractivity contribution in [3.63, 3.8) is 0 Å². The fraction of sp³-hybridized carbons (Fsp3) is 0.235. The minimum atomic E-state index is -0.257. The smallest absolute Gasteiger partial charge is 0.221 e. The van der Waals surface area contributed by atoms with Crippen LogP contribution in [0.3, 0.4) is 0 Å². The predicted octanol–water partition coefficient (Wildman–Crippen LogP) is 2.38. The van der Waals surface area contributed by atoms with Crippen molar-refractivity contribution in [2.45, 2.75) is 24.4 Å². The zero-order chi connectivity index (χ0) is 14.7. The van der Waals surface area contributed by atoms with Crippen LogP contribution < -0.4 is 10.8 Å². The summed E-state index contributed by atoms with van der Waals surface area (Å²) in [4.78, 5) is 12.1. The first-order valence-electron chi connectivity index (χ1n) is 7.08. The van der Waals surface area contributed by atoms with Crippen molar-refractivity contribution in [1.29, 1.82) is 0 Å². The van der Waals surface area contributed by atoms with E-state index in [2.05, 4.69) is 10.8 Å². The molecule has 0 aromatic heterocycles. The summed E-state index contributed by atoms with van der Waals surface area (Å²) in [5.74, 6) is -0.0561. The minimum Gasteiger partial charge on any atom is -0.348 e. The van der Waals surface area contributed by atoms with Gasteiger partial charge < -0.3 is 10.5 Å². The van der Waals surface area contributed by atoms with Crippen molar-refractivity contribution in [3.05, 3.63) is 71.8 Å². The highest BCUT2D eigenvalue weighted by Gasteiger charge is 2.38. The first-order chi connectivity index (χ1) is 10.3. The van der Waals surface area contributed by atoms with Crippen LogP contribution in [0.15, 0.2) is 60.7 Å². The Morgan fingerprint density at radius 2 is 1.52 bits per heavy atom. The van der Waals surface area contributed by atoms with Gasteiger partial charge in [-0.15, -0.1) is 0 Å². The molecule has 2 aromatic rings. The maximum absolute atomic E-state index is 12.1. The summed E-state index contributed by atoms with van der Waals surface area (Å²) in [7, 11) is 0. The quantitative estimate of drug-likeness (QED) is 0.757. The molecule has 3 rings (SSSR count). The van der Waals surface area contributed by atoms with Crippen LogP contribution in [0.4, 0.5) is 0 Å². The van der Waals surface area contributed by atoms with Gasteiger partial charge in [0.2, 0.25) is 5.91 Å². The molecule has 3 unspecified atom stereocenters. The second-order valence-corrected chi connectivity index (χ2v) is 5.33. The maximum Gasteiger partial charge on any atom is 0.221 e. The normalized spacial score (nSPS) is 25.4. The minimum absolute atomic E-state index is 0.00389. The Hall–Kier alpha value is -2.17. The molecule has 0 aliphatic carbocycles. The van der Waals surface area contributed by atoms with Crippen molar-refractivity contribution < 1.29 is 10.0 Å². The Balaban J connectivity index is 1.96. The lowest BCUT2D eigenvalue weighted by Gasteiger charge is -2.38. The van der Waals surface area contributed by atoms with Crippen molar-refractivity contribution >= 4 is 5.91 Å². The lowest BCUT2D eigenvalue weighted by atomic mass is 9.79. The number of rotatable bonds is 3. The van der Waals surface area contributed by atoms with E-state index in [-0.39, 0.29) is 23.9 Å². The van der Waals surface area contributed by atoms with Crippen LogP contribution >= 0.6 is 0 Å². The Morgan fingerprint density at radius 1 is 0.952 bits per heavy atom. The van der Waals surface area contributed by atoms with Crippen LogP contribution in [-0.4, -0.2) is 17.2 Å². The molecule has 4 heteroatoms. The fourth-order valence-corrected chi connectivity index (χ4v) is 3.02. The molecular formula is C17H18N2O2. The fourth-order valence-electron chi connectivity index (χ4n) is 3.02. The summed E-state index contributed by atoms with van der Waals surface area (Å²) < 4.78 is 0. The van der Waals surface area contributed by atoms with Gasteiger partial charge in [-0.2, -0.15) is 5.48 Å². The van der Waals surface area contributed by atoms with Crippen LogP contribution in [0.25, 0.3) is 0 Å². The van der Waals surface area contributed by atoms with Crippen molar-refractivity contribution in [1.82, 2.24) is 10.8 Å². The molecule has 1 saturated heterocycles. The molecular weight excluding hydrogens is 264 g/mol. The van der Waals surface area contributed by atoms with E-state index in [1.165, 1.54) is 0 Å². The van der Waals surface area contributed by atoms with E-state index in [0.717, 1.165) is 11.1 Å². The van der Waals surface area contributed by atoms with Crippen molar-refractivity contribution in [2.24, 2.45) is 0 Å². The Kier molecular flexibility index (Phi) is 3.99. The van der Waals surface area contributed by atoms with E-state index in [0.29, 0.717) is 6.42 Å². The van der Waals surface area contributed by atoms with E-state index < -0.39 is 0 Å². The molecule has 4 nitrogen and oxygen atoms in total. The molecule has 0 bridgehead atoms. The van der Waals surface area contributed by atoms with Crippen LogP contribution in [0.2, 0.25) is 0 Å². The number of amides is 1. The summed E-state index contributed by atoms with van der Waals surface area (Å²) >= 11 is 0. The summed E-state index contributed by atoms with van der Waals surface area (Å²) in [6, 6.07) is 19.1. The Labute approximate surface area is 123 Å². The van der Waals surface area contributed by atoms with Crippen LogP contribution in [0, 0.1) is 0 Å². The van der Waals surface area contributed by atoms with Crippen LogP contribution in [0.5, 0.6) is 0 Å². The standard InChI is InChI=1S/C17H18N2O2/c20-15-11-14(12-7-3-1-4-8-12)17(19-21)16(18-15)13-9-5-2-6-10-13/h1-10,14,16-17,19,21H,11H2,(H,18,20). The molecule has 0 saturated carbocycles. The zero-order valence-electron chi connectivity index (χ0n) is 11.6. The lowest BCUT2D eigenvalue weighted by molar-refractivity contribution is -0.125. The molecule has 1 heterocycles. The summed E-state index contributed by atoms with van der Waals surface area (Å²) in [6.45, 7) is 0. The van der Waals surface area contributed by atoms with Gasteiger partial charge in [0.1, 0.15) is 0 Å². The number of carbonyl (C=O) groups is 1. The molecule has 3 N–H and O–H groups in total. The first-order valence-corrected chi connectivity index (χ1v) is 7.08. The number of hydrogen-bond acceptors (Lipinski definition) is 3. The van der Waals surface area contributed by atoms with Crippen LogP contribution in [-0.2, 0) is 4.79 Å². The third-order valence-electron chi connectivity index (χ3n) is 4.05. The van der Waals surface area contributed by atoms with Gasteiger partial charge in [-0.1, -0.05) is 60.7 Å². The van der Waals surface area contributed by atoms with E-state index in [1.54, 1.807) is 0 Å². The first kappa shape index (κ1) is 13.8. The van der Waals surface area contributed by atoms with Gasteiger partial charge >= 0.3 is 0 Å². The number of piperidine rings is 1. The Morgan fingerprint density at radius 3 is 2.10 bits per heavy atom. The zero-order valence-corrected chi connectivity index (χ0v) is 11.6. The molecule has 0 radical (unpaired) electrons. The van der Waals surface area contributed by atoms with Crippen molar-refractivity contribution in [2.75, 3.05) is 0 Å². The second-order valence-electron chi connectivity index (χ2n) is 5.33. The van der Waals surface area contributed by atoms with Gasteiger partial charge in [-0.05, 0) is 11.1 Å². The third kappa shape index (κ3) is 2.82. The van der Waals surface area contributed by atoms with Gasteiger partial charge in [-0.25, -0.2) is 0 Å². The average Bonchev–Trinajstić information content (AvgIpc) is 2.55. The van der Waals surface area contributed by atoms with E-state index >= 15 is 0 Å². The van der Waals surface area contributed by atoms with Crippen molar-refractivity contribution in [3.8, 4) is 0 Å². The van der Waals surface area contributed by atoms with Gasteiger partial charge in [0.05, 0.1) is 12.1 Å². The molecule has 21 heavy (non-hydrogen) atoms. The summed E-state index contributed by atoms with van der Waals surface area (Å²) in [6.07, 6.45) is 0.367. The molecule has 1 fully saturated rings. The van der Waals surface area contributed by atoms with Gasteiger partial charge in [-0.3, -0.25) is 4.79 Å². The highest BCUT2D eigenvalue weighted by atomic mass is 16.5. The molecule has 1 amide bonds. The number of carbonyl (C=O) groups excluding carboxylic acids is 1. The van der Waals surface area contributed by atoms with Gasteiger partial charge in [0.25, 0.3) is 0 Å². The van der Waals surface area contributed by atoms with Crippen LogP contribution in [0.1, 0.15) is 29.5 Å². The number of hydroxylamine groups is 1. The summed E-state index contributed by atoms with van der Waals surface area (Å²) in [5, 5.41) is 12.6. The highest BCUT2D eigenvalue weighted by Crippen LogP contribution is 2.34. The molecule has 1 aliphatic rings. The van der Waals surface area contributed by atoms with Gasteiger partial charge in [0, 0.05) is 12.3 Å². The highest BCUT2D eigenvalue weighted by molar-refractivity contribution is 5.79. The van der Waals surface area contributed by atoms with E-state index in [9.17, 15) is 10.0 Å². The largest absolute Gasteiger partial charge is 0.348 e. The van der Waals surface area contributed by atoms with Gasteiger partial charge in [0.15, 0.2) is 0 Å². The van der Waals surface area contributed by atoms with E-state index in [4.69, 9.17) is 0 Å². The maximum atomic E-state index is 12.1. The number of nitrogens with one attached hydrogen (secondary N) is 2. The molecule has 0 spiro atoms. The molecule has 1 aliphatic heterocycles. The number of benzene rings is 2. The third-order valence-corrected chi connectivity index (χ3v) is 4.05. The number of hydrogen-bond donors (Lipinski definition) is 3. The topological polar surface area (TPSA) is 61.4 Å². The molecule has 2 aromatic carbocycles. The Bertz CT molecular complexity index is 549. The summed E-state index contributed by atoms with van der Waals surface area (Å²) in [5.41, 5.74) is 4.45. The molecule has 3 atom stereocenters. The monoisotopic (exact) mass is 282 g/mol. The predicted molar refractivity (Wildman–Crippen MR) is 79.8 cm³/mol. The van der Waals surface area contributed by atoms with E-state index in [1.807, 2.05) is 60.7 Å². The second kappa shape index (κ2) is 6.08.